The smallest absolute Gasteiger partial charge is 0.407 e. The predicted molar refractivity (Wildman–Crippen MR) is 82.5 cm³/mol. The number of cyclic esters (lactones) is 1. The number of aromatic nitrogens is 1. The van der Waals surface area contributed by atoms with E-state index in [0.717, 1.165) is 4.90 Å². The van der Waals surface area contributed by atoms with Crippen molar-refractivity contribution in [3.63, 3.8) is 0 Å². The van der Waals surface area contributed by atoms with Crippen LogP contribution >= 0.6 is 0 Å². The average molecular weight is 295 g/mol. The first-order chi connectivity index (χ1) is 13.1. The van der Waals surface area contributed by atoms with Crippen molar-refractivity contribution < 1.29 is 20.5 Å². The molecule has 1 atom stereocenters. The molecule has 0 bridgehead atoms. The molecule has 5 heteroatoms. The summed E-state index contributed by atoms with van der Waals surface area (Å²) in [5, 5.41) is 2.28. The van der Waals surface area contributed by atoms with Crippen LogP contribution in [0.15, 0.2) is 24.4 Å². The van der Waals surface area contributed by atoms with Gasteiger partial charge in [0.05, 0.1) is 8.76 Å². The summed E-state index contributed by atoms with van der Waals surface area (Å²) in [4.78, 5) is 15.1. The summed E-state index contributed by atoms with van der Waals surface area (Å²) in [5.74, 6) is 0. The molecular formula is C16H21N3O2. The maximum Gasteiger partial charge on any atom is 0.407 e. The van der Waals surface area contributed by atoms with Gasteiger partial charge >= 0.3 is 6.09 Å². The third kappa shape index (κ3) is 3.19. The summed E-state index contributed by atoms with van der Waals surface area (Å²) < 4.78 is 71.0. The van der Waals surface area contributed by atoms with Crippen LogP contribution in [0.4, 0.5) is 4.79 Å². The Balaban J connectivity index is 2.19. The Labute approximate surface area is 135 Å². The number of nitrogens with one attached hydrogen (secondary N) is 2. The Kier molecular flexibility index (Phi) is 2.01. The van der Waals surface area contributed by atoms with E-state index >= 15 is 0 Å². The minimum absolute atomic E-state index is 0.0349. The van der Waals surface area contributed by atoms with Gasteiger partial charge in [0.2, 0.25) is 0 Å². The maximum atomic E-state index is 11.4. The molecular weight excluding hydrogens is 266 g/mol. The molecule has 0 unspecified atom stereocenters. The SMILES string of the molecule is [2H]c1[nH]c2ccc(C([2H])([2H])[C@@]3([2H])COC(=O)N3)cc2c1C([2H])([2H])C([2H])([2H])N(C)C. The van der Waals surface area contributed by atoms with Crippen LogP contribution in [0.1, 0.15) is 22.1 Å². The maximum absolute atomic E-state index is 11.4. The van der Waals surface area contributed by atoms with Gasteiger partial charge in [0.1, 0.15) is 6.61 Å². The Bertz CT molecular complexity index is 974. The molecule has 0 spiro atoms. The second-order valence-corrected chi connectivity index (χ2v) is 4.82. The number of aryl methyl sites for hydroxylation is 1. The first-order valence-electron chi connectivity index (χ1n) is 10.4. The predicted octanol–water partition coefficient (Wildman–Crippen LogP) is 1.92. The number of carbonyl (C=O) groups is 1. The van der Waals surface area contributed by atoms with Gasteiger partial charge in [-0.25, -0.2) is 4.79 Å². The van der Waals surface area contributed by atoms with E-state index in [1.807, 2.05) is 0 Å². The second kappa shape index (κ2) is 5.77. The highest BCUT2D eigenvalue weighted by atomic mass is 16.6. The fraction of sp³-hybridized carbons (Fsp3) is 0.438. The number of carbonyl (C=O) groups excluding carboxylic acids is 1. The Morgan fingerprint density at radius 2 is 2.43 bits per heavy atom. The third-order valence-corrected chi connectivity index (χ3v) is 2.91. The molecule has 1 amide bonds. The highest BCUT2D eigenvalue weighted by Crippen LogP contribution is 2.21. The molecule has 3 rings (SSSR count). The van der Waals surface area contributed by atoms with Crippen LogP contribution in [0.5, 0.6) is 0 Å². The lowest BCUT2D eigenvalue weighted by molar-refractivity contribution is 0.177. The van der Waals surface area contributed by atoms with Crippen molar-refractivity contribution in [1.29, 1.82) is 0 Å². The summed E-state index contributed by atoms with van der Waals surface area (Å²) in [5.41, 5.74) is 0.0376. The fourth-order valence-electron chi connectivity index (χ4n) is 1.98. The van der Waals surface area contributed by atoms with Crippen molar-refractivity contribution in [3.8, 4) is 0 Å². The Hall–Kier alpha value is -2.01. The molecule has 2 heterocycles. The van der Waals surface area contributed by atoms with Gasteiger partial charge in [-0.2, -0.15) is 0 Å². The zero-order chi connectivity index (χ0) is 22.0. The first kappa shape index (κ1) is 7.31. The average Bonchev–Trinajstić information content (AvgIpc) is 3.13. The van der Waals surface area contributed by atoms with Gasteiger partial charge in [0.25, 0.3) is 0 Å². The summed E-state index contributed by atoms with van der Waals surface area (Å²) in [6.07, 6.45) is -6.25. The molecule has 0 radical (unpaired) electrons. The number of alkyl carbamates (subject to hydrolysis) is 1. The molecule has 1 fully saturated rings. The molecule has 1 aromatic carbocycles. The van der Waals surface area contributed by atoms with E-state index < -0.39 is 38.0 Å². The number of aromatic amines is 1. The van der Waals surface area contributed by atoms with Crippen molar-refractivity contribution in [2.75, 3.05) is 27.2 Å². The van der Waals surface area contributed by atoms with Crippen molar-refractivity contribution in [2.45, 2.75) is 18.8 Å². The molecule has 1 aliphatic rings. The number of fused-ring (bicyclic) bond motifs is 1. The van der Waals surface area contributed by atoms with Gasteiger partial charge in [-0.1, -0.05) is 6.07 Å². The van der Waals surface area contributed by atoms with Crippen LogP contribution in [-0.4, -0.2) is 49.2 Å². The number of rotatable bonds is 5. The largest absolute Gasteiger partial charge is 0.447 e. The van der Waals surface area contributed by atoms with E-state index in [9.17, 15) is 4.79 Å². The molecule has 1 aromatic heterocycles. The molecule has 1 aliphatic heterocycles. The van der Waals surface area contributed by atoms with E-state index in [1.165, 1.54) is 32.3 Å². The number of H-pyrrole nitrogens is 1. The standard InChI is InChI=1S/C16H21N3O2/c1-19(2)6-5-12-9-17-15-4-3-11(8-14(12)15)7-13-10-21-16(20)18-13/h3-4,8-9,13,17H,5-7,10H2,1-2H3,(H,18,20)/t13-/m0/s1/i5D2,6D2,7D2,9D,13D. The summed E-state index contributed by atoms with van der Waals surface area (Å²) in [6.45, 7) is -2.97. The van der Waals surface area contributed by atoms with Gasteiger partial charge in [0.15, 0.2) is 0 Å². The van der Waals surface area contributed by atoms with Gasteiger partial charge in [-0.3, -0.25) is 0 Å². The number of ether oxygens (including phenoxy) is 1. The van der Waals surface area contributed by atoms with Crippen LogP contribution in [0.25, 0.3) is 10.9 Å². The van der Waals surface area contributed by atoms with Gasteiger partial charge in [0, 0.05) is 31.8 Å². The van der Waals surface area contributed by atoms with E-state index in [-0.39, 0.29) is 22.7 Å². The van der Waals surface area contributed by atoms with Gasteiger partial charge in [-0.05, 0) is 50.1 Å². The zero-order valence-electron chi connectivity index (χ0n) is 19.7. The number of nitrogens with zero attached hydrogens (tertiary/aromatic N) is 1. The fourth-order valence-corrected chi connectivity index (χ4v) is 1.98. The van der Waals surface area contributed by atoms with Gasteiger partial charge in [-0.15, -0.1) is 0 Å². The highest BCUT2D eigenvalue weighted by Gasteiger charge is 2.22. The Morgan fingerprint density at radius 3 is 3.14 bits per heavy atom. The normalized spacial score (nSPS) is 29.4. The molecule has 1 saturated heterocycles. The van der Waals surface area contributed by atoms with Gasteiger partial charge < -0.3 is 19.9 Å². The van der Waals surface area contributed by atoms with E-state index in [4.69, 9.17) is 11.0 Å². The van der Waals surface area contributed by atoms with Crippen LogP contribution in [0.2, 0.25) is 0 Å². The van der Waals surface area contributed by atoms with Crippen molar-refractivity contribution >= 4 is 17.0 Å². The first-order valence-corrected chi connectivity index (χ1v) is 6.41. The number of hydrogen-bond donors (Lipinski definition) is 2. The zero-order valence-corrected chi connectivity index (χ0v) is 11.7. The molecule has 0 saturated carbocycles. The molecule has 112 valence electrons. The number of hydrogen-bond acceptors (Lipinski definition) is 3. The summed E-state index contributed by atoms with van der Waals surface area (Å²) in [6, 6.07) is 2.00. The Morgan fingerprint density at radius 1 is 1.57 bits per heavy atom. The monoisotopic (exact) mass is 295 g/mol. The minimum Gasteiger partial charge on any atom is -0.447 e. The van der Waals surface area contributed by atoms with Crippen LogP contribution in [0, 0.1) is 0 Å². The number of amides is 1. The van der Waals surface area contributed by atoms with E-state index in [0.29, 0.717) is 5.52 Å². The molecule has 5 nitrogen and oxygen atoms in total. The molecule has 21 heavy (non-hydrogen) atoms. The molecule has 2 N–H and O–H groups in total. The quantitative estimate of drug-likeness (QED) is 0.886. The lowest BCUT2D eigenvalue weighted by atomic mass is 10.0. The van der Waals surface area contributed by atoms with E-state index in [2.05, 4.69) is 15.0 Å². The van der Waals surface area contributed by atoms with Crippen molar-refractivity contribution in [3.05, 3.63) is 35.5 Å². The molecule has 2 aromatic rings. The van der Waals surface area contributed by atoms with Crippen LogP contribution in [0.3, 0.4) is 0 Å². The summed E-state index contributed by atoms with van der Waals surface area (Å²) in [7, 11) is 2.76. The molecule has 0 aliphatic carbocycles. The minimum atomic E-state index is -2.61. The van der Waals surface area contributed by atoms with Crippen molar-refractivity contribution in [2.24, 2.45) is 0 Å². The van der Waals surface area contributed by atoms with Crippen molar-refractivity contribution in [1.82, 2.24) is 15.2 Å². The summed E-state index contributed by atoms with van der Waals surface area (Å²) >= 11 is 0. The lowest BCUT2D eigenvalue weighted by Crippen LogP contribution is -2.28. The third-order valence-electron chi connectivity index (χ3n) is 2.91. The lowest BCUT2D eigenvalue weighted by Gasteiger charge is -2.09. The van der Waals surface area contributed by atoms with Crippen LogP contribution in [-0.2, 0) is 17.5 Å². The number of benzene rings is 1. The highest BCUT2D eigenvalue weighted by molar-refractivity contribution is 5.84. The topological polar surface area (TPSA) is 57.4 Å². The van der Waals surface area contributed by atoms with E-state index in [1.54, 1.807) is 0 Å². The second-order valence-electron chi connectivity index (χ2n) is 4.82. The number of likely N-dealkylation sites (N-methyl/N-ethyl adjacent to an activating group) is 1. The van der Waals surface area contributed by atoms with Crippen LogP contribution < -0.4 is 5.32 Å².